The fourth-order valence-corrected chi connectivity index (χ4v) is 3.38. The molecule has 1 aliphatic rings. The highest BCUT2D eigenvalue weighted by atomic mass is 35.5. The third kappa shape index (κ3) is 2.49. The average Bonchev–Trinajstić information content (AvgIpc) is 3.18. The van der Waals surface area contributed by atoms with Crippen molar-refractivity contribution in [3.8, 4) is 5.88 Å². The maximum absolute atomic E-state index is 5.91. The number of imidazole rings is 1. The molecule has 0 aliphatic heterocycles. The zero-order valence-corrected chi connectivity index (χ0v) is 13.3. The Balaban J connectivity index is 2.06. The second-order valence-corrected chi connectivity index (χ2v) is 6.79. The van der Waals surface area contributed by atoms with E-state index in [2.05, 4.69) is 20.8 Å². The fraction of sp³-hybridized carbons (Fsp3) is 0.571. The van der Waals surface area contributed by atoms with E-state index in [0.717, 1.165) is 30.0 Å². The highest BCUT2D eigenvalue weighted by Gasteiger charge is 2.43. The molecular weight excluding hydrogens is 294 g/mol. The molecule has 0 unspecified atom stereocenters. The van der Waals surface area contributed by atoms with Crippen molar-refractivity contribution < 1.29 is 4.74 Å². The highest BCUT2D eigenvalue weighted by molar-refractivity contribution is 8.00. The summed E-state index contributed by atoms with van der Waals surface area (Å²) in [7, 11) is 1.64. The fourth-order valence-electron chi connectivity index (χ4n) is 2.44. The van der Waals surface area contributed by atoms with Gasteiger partial charge in [-0.3, -0.25) is 0 Å². The van der Waals surface area contributed by atoms with Gasteiger partial charge >= 0.3 is 0 Å². The van der Waals surface area contributed by atoms with Crippen LogP contribution in [0.25, 0.3) is 11.2 Å². The lowest BCUT2D eigenvalue weighted by atomic mass is 10.3. The van der Waals surface area contributed by atoms with E-state index in [1.165, 1.54) is 12.8 Å². The zero-order valence-electron chi connectivity index (χ0n) is 11.7. The Morgan fingerprint density at radius 2 is 2.20 bits per heavy atom. The summed E-state index contributed by atoms with van der Waals surface area (Å²) in [5, 5.41) is 0. The molecule has 1 fully saturated rings. The number of ether oxygens (including phenoxy) is 1. The van der Waals surface area contributed by atoms with Crippen LogP contribution in [0.3, 0.4) is 0 Å². The predicted molar refractivity (Wildman–Crippen MR) is 84.0 cm³/mol. The Hall–Kier alpha value is -0.940. The number of aromatic nitrogens is 3. The second kappa shape index (κ2) is 5.45. The van der Waals surface area contributed by atoms with Gasteiger partial charge in [0.15, 0.2) is 5.65 Å². The van der Waals surface area contributed by atoms with E-state index in [-0.39, 0.29) is 0 Å². The number of methoxy groups -OCH3 is 1. The van der Waals surface area contributed by atoms with Gasteiger partial charge in [0.05, 0.1) is 7.11 Å². The monoisotopic (exact) mass is 311 g/mol. The molecule has 0 spiro atoms. The van der Waals surface area contributed by atoms with Gasteiger partial charge in [0.1, 0.15) is 11.3 Å². The molecule has 4 nitrogen and oxygen atoms in total. The summed E-state index contributed by atoms with van der Waals surface area (Å²) in [5.41, 5.74) is 1.83. The van der Waals surface area contributed by atoms with Gasteiger partial charge < -0.3 is 9.30 Å². The Bertz CT molecular complexity index is 624. The van der Waals surface area contributed by atoms with E-state index < -0.39 is 0 Å². The molecule has 108 valence electrons. The largest absolute Gasteiger partial charge is 0.481 e. The quantitative estimate of drug-likeness (QED) is 0.769. The normalized spacial score (nSPS) is 16.6. The Labute approximate surface area is 127 Å². The lowest BCUT2D eigenvalue weighted by Crippen LogP contribution is -2.16. The maximum Gasteiger partial charge on any atom is 0.215 e. The van der Waals surface area contributed by atoms with Crippen LogP contribution < -0.4 is 4.74 Å². The molecule has 1 saturated carbocycles. The number of thioether (sulfide) groups is 1. The summed E-state index contributed by atoms with van der Waals surface area (Å²) in [4.78, 5) is 9.24. The third-order valence-corrected chi connectivity index (χ3v) is 5.45. The standard InChI is InChI=1S/C14H18ClN3OS/c1-19-12-4-3-10-13(17-12)18(11(16-10)5-8-15)9-14(20-2)6-7-14/h3-4H,5-9H2,1-2H3. The molecule has 2 aromatic heterocycles. The van der Waals surface area contributed by atoms with Crippen molar-refractivity contribution in [2.75, 3.05) is 19.2 Å². The first-order valence-corrected chi connectivity index (χ1v) is 8.48. The summed E-state index contributed by atoms with van der Waals surface area (Å²) in [5.74, 6) is 2.23. The van der Waals surface area contributed by atoms with Crippen LogP contribution >= 0.6 is 23.4 Å². The van der Waals surface area contributed by atoms with Crippen LogP contribution in [0.4, 0.5) is 0 Å². The van der Waals surface area contributed by atoms with Crippen molar-refractivity contribution in [1.29, 1.82) is 0 Å². The summed E-state index contributed by atoms with van der Waals surface area (Å²) in [6, 6.07) is 3.82. The number of rotatable bonds is 6. The van der Waals surface area contributed by atoms with Crippen molar-refractivity contribution >= 4 is 34.5 Å². The lowest BCUT2D eigenvalue weighted by Gasteiger charge is -2.15. The van der Waals surface area contributed by atoms with Crippen molar-refractivity contribution in [1.82, 2.24) is 14.5 Å². The van der Waals surface area contributed by atoms with Gasteiger partial charge in [-0.15, -0.1) is 11.6 Å². The number of nitrogens with zero attached hydrogens (tertiary/aromatic N) is 3. The van der Waals surface area contributed by atoms with Crippen LogP contribution in [0.5, 0.6) is 5.88 Å². The summed E-state index contributed by atoms with van der Waals surface area (Å²) in [6.45, 7) is 0.955. The van der Waals surface area contributed by atoms with Crippen molar-refractivity contribution in [3.63, 3.8) is 0 Å². The highest BCUT2D eigenvalue weighted by Crippen LogP contribution is 2.49. The van der Waals surface area contributed by atoms with Gasteiger partial charge in [-0.1, -0.05) is 0 Å². The summed E-state index contributed by atoms with van der Waals surface area (Å²) < 4.78 is 7.82. The maximum atomic E-state index is 5.91. The molecule has 0 bridgehead atoms. The predicted octanol–water partition coefficient (Wildman–Crippen LogP) is 3.12. The molecule has 0 aromatic carbocycles. The molecule has 3 rings (SSSR count). The third-order valence-electron chi connectivity index (χ3n) is 3.86. The number of halogens is 1. The van der Waals surface area contributed by atoms with Crippen LogP contribution in [-0.4, -0.2) is 38.5 Å². The molecule has 0 amide bonds. The topological polar surface area (TPSA) is 39.9 Å². The first kappa shape index (κ1) is 14.0. The molecular formula is C14H18ClN3OS. The molecule has 2 aromatic rings. The van der Waals surface area contributed by atoms with E-state index in [1.54, 1.807) is 7.11 Å². The van der Waals surface area contributed by atoms with E-state index in [9.17, 15) is 0 Å². The molecule has 0 atom stereocenters. The number of aryl methyl sites for hydroxylation is 1. The summed E-state index contributed by atoms with van der Waals surface area (Å²) in [6.07, 6.45) is 5.47. The number of hydrogen-bond acceptors (Lipinski definition) is 4. The van der Waals surface area contributed by atoms with E-state index in [0.29, 0.717) is 16.5 Å². The number of pyridine rings is 1. The van der Waals surface area contributed by atoms with Gasteiger partial charge in [-0.2, -0.15) is 16.7 Å². The molecule has 0 N–H and O–H groups in total. The van der Waals surface area contributed by atoms with Gasteiger partial charge in [0, 0.05) is 29.7 Å². The van der Waals surface area contributed by atoms with Gasteiger partial charge in [0.2, 0.25) is 5.88 Å². The summed E-state index contributed by atoms with van der Waals surface area (Å²) >= 11 is 7.85. The first-order chi connectivity index (χ1) is 9.71. The minimum atomic E-state index is 0.361. The van der Waals surface area contributed by atoms with Crippen LogP contribution in [0.2, 0.25) is 0 Å². The van der Waals surface area contributed by atoms with E-state index in [1.807, 2.05) is 23.9 Å². The Morgan fingerprint density at radius 1 is 1.40 bits per heavy atom. The number of alkyl halides is 1. The Kier molecular flexibility index (Phi) is 3.82. The Morgan fingerprint density at radius 3 is 2.80 bits per heavy atom. The van der Waals surface area contributed by atoms with Crippen LogP contribution in [0, 0.1) is 0 Å². The average molecular weight is 312 g/mol. The first-order valence-electron chi connectivity index (χ1n) is 6.72. The van der Waals surface area contributed by atoms with Gasteiger partial charge in [0.25, 0.3) is 0 Å². The van der Waals surface area contributed by atoms with Crippen molar-refractivity contribution in [3.05, 3.63) is 18.0 Å². The second-order valence-electron chi connectivity index (χ2n) is 5.14. The molecule has 0 saturated heterocycles. The number of fused-ring (bicyclic) bond motifs is 1. The minimum Gasteiger partial charge on any atom is -0.481 e. The lowest BCUT2D eigenvalue weighted by molar-refractivity contribution is 0.399. The molecule has 1 aliphatic carbocycles. The molecule has 6 heteroatoms. The number of hydrogen-bond donors (Lipinski definition) is 0. The van der Waals surface area contributed by atoms with Gasteiger partial charge in [-0.05, 0) is 25.2 Å². The SMILES string of the molecule is COc1ccc2nc(CCCl)n(CC3(SC)CC3)c2n1. The van der Waals surface area contributed by atoms with Crippen LogP contribution in [0.15, 0.2) is 12.1 Å². The van der Waals surface area contributed by atoms with Crippen molar-refractivity contribution in [2.45, 2.75) is 30.6 Å². The molecule has 2 heterocycles. The smallest absolute Gasteiger partial charge is 0.215 e. The van der Waals surface area contributed by atoms with Crippen LogP contribution in [-0.2, 0) is 13.0 Å². The van der Waals surface area contributed by atoms with E-state index >= 15 is 0 Å². The van der Waals surface area contributed by atoms with Gasteiger partial charge in [-0.25, -0.2) is 4.98 Å². The molecule has 20 heavy (non-hydrogen) atoms. The van der Waals surface area contributed by atoms with E-state index in [4.69, 9.17) is 16.3 Å². The minimum absolute atomic E-state index is 0.361. The zero-order chi connectivity index (χ0) is 14.2. The van der Waals surface area contributed by atoms with Crippen LogP contribution in [0.1, 0.15) is 18.7 Å². The van der Waals surface area contributed by atoms with Crippen molar-refractivity contribution in [2.24, 2.45) is 0 Å². The molecule has 0 radical (unpaired) electrons.